The van der Waals surface area contributed by atoms with Crippen LogP contribution in [-0.2, 0) is 0 Å². The zero-order chi connectivity index (χ0) is 11.3. The zero-order valence-electron chi connectivity index (χ0n) is 9.44. The lowest BCUT2D eigenvalue weighted by atomic mass is 10.0. The predicted octanol–water partition coefficient (Wildman–Crippen LogP) is 4.19. The van der Waals surface area contributed by atoms with E-state index in [4.69, 9.17) is 11.6 Å². The molecule has 0 aliphatic carbocycles. The van der Waals surface area contributed by atoms with Crippen LogP contribution in [-0.4, -0.2) is 5.78 Å². The second-order valence-electron chi connectivity index (χ2n) is 2.97. The average Bonchev–Trinajstić information content (AvgIpc) is 2.14. The number of benzene rings is 1. The number of hydrogen-bond acceptors (Lipinski definition) is 1. The van der Waals surface area contributed by atoms with E-state index in [-0.39, 0.29) is 5.78 Å². The molecule has 0 aromatic heterocycles. The summed E-state index contributed by atoms with van der Waals surface area (Å²) in [6, 6.07) is 3.66. The maximum atomic E-state index is 11.0. The third-order valence-electron chi connectivity index (χ3n) is 1.96. The molecule has 0 bridgehead atoms. The third-order valence-corrected chi connectivity index (χ3v) is 2.28. The number of ketones is 1. The second-order valence-corrected chi connectivity index (χ2v) is 3.38. The van der Waals surface area contributed by atoms with Crippen LogP contribution in [0.5, 0.6) is 0 Å². The van der Waals surface area contributed by atoms with Crippen LogP contribution in [0, 0.1) is 13.8 Å². The molecule has 0 amide bonds. The van der Waals surface area contributed by atoms with Crippen molar-refractivity contribution in [2.24, 2.45) is 0 Å². The van der Waals surface area contributed by atoms with Crippen LogP contribution in [0.1, 0.15) is 42.3 Å². The Bertz CT molecular complexity index is 329. The maximum absolute atomic E-state index is 11.0. The van der Waals surface area contributed by atoms with Crippen LogP contribution in [0.2, 0.25) is 5.02 Å². The lowest BCUT2D eigenvalue weighted by Crippen LogP contribution is -1.95. The van der Waals surface area contributed by atoms with Gasteiger partial charge in [0.1, 0.15) is 0 Å². The van der Waals surface area contributed by atoms with E-state index in [1.165, 1.54) is 6.92 Å². The third kappa shape index (κ3) is 3.15. The van der Waals surface area contributed by atoms with E-state index < -0.39 is 0 Å². The first-order valence-corrected chi connectivity index (χ1v) is 5.18. The first kappa shape index (κ1) is 13.2. The van der Waals surface area contributed by atoms with Crippen LogP contribution in [0.15, 0.2) is 12.1 Å². The van der Waals surface area contributed by atoms with Gasteiger partial charge >= 0.3 is 0 Å². The highest BCUT2D eigenvalue weighted by atomic mass is 35.5. The van der Waals surface area contributed by atoms with Crippen molar-refractivity contribution in [1.82, 2.24) is 0 Å². The van der Waals surface area contributed by atoms with Gasteiger partial charge in [0.05, 0.1) is 5.02 Å². The van der Waals surface area contributed by atoms with Crippen LogP contribution in [0.3, 0.4) is 0 Å². The van der Waals surface area contributed by atoms with Crippen molar-refractivity contribution < 1.29 is 4.79 Å². The summed E-state index contributed by atoms with van der Waals surface area (Å²) in [5.41, 5.74) is 2.83. The van der Waals surface area contributed by atoms with Gasteiger partial charge in [-0.2, -0.15) is 0 Å². The molecular weight excluding hydrogens is 196 g/mol. The van der Waals surface area contributed by atoms with Crippen molar-refractivity contribution in [3.8, 4) is 0 Å². The maximum Gasteiger partial charge on any atom is 0.161 e. The van der Waals surface area contributed by atoms with Gasteiger partial charge in [0, 0.05) is 5.56 Å². The minimum atomic E-state index is 0.0168. The normalized spacial score (nSPS) is 9.00. The van der Waals surface area contributed by atoms with Gasteiger partial charge in [-0.15, -0.1) is 0 Å². The van der Waals surface area contributed by atoms with Crippen molar-refractivity contribution in [3.05, 3.63) is 33.8 Å². The number of rotatable bonds is 1. The fourth-order valence-electron chi connectivity index (χ4n) is 1.05. The molecule has 0 unspecified atom stereocenters. The number of carbonyl (C=O) groups excluding carboxylic acids is 1. The quantitative estimate of drug-likeness (QED) is 0.639. The summed E-state index contributed by atoms with van der Waals surface area (Å²) < 4.78 is 0. The number of hydrogen-bond donors (Lipinski definition) is 0. The molecule has 0 heterocycles. The smallest absolute Gasteiger partial charge is 0.161 e. The van der Waals surface area contributed by atoms with Crippen LogP contribution in [0.25, 0.3) is 0 Å². The van der Waals surface area contributed by atoms with Gasteiger partial charge in [-0.05, 0) is 44.0 Å². The molecule has 2 heteroatoms. The molecule has 1 nitrogen and oxygen atoms in total. The summed E-state index contributed by atoms with van der Waals surface area (Å²) in [4.78, 5) is 11.0. The van der Waals surface area contributed by atoms with Gasteiger partial charge in [-0.25, -0.2) is 0 Å². The summed E-state index contributed by atoms with van der Waals surface area (Å²) in [5, 5.41) is 0.547. The summed E-state index contributed by atoms with van der Waals surface area (Å²) in [6.45, 7) is 9.47. The fraction of sp³-hybridized carbons (Fsp3) is 0.417. The first-order chi connectivity index (χ1) is 6.52. The van der Waals surface area contributed by atoms with Crippen LogP contribution < -0.4 is 0 Å². The van der Waals surface area contributed by atoms with Crippen LogP contribution >= 0.6 is 11.6 Å². The largest absolute Gasteiger partial charge is 0.294 e. The molecule has 0 aliphatic heterocycles. The van der Waals surface area contributed by atoms with Gasteiger partial charge in [0.25, 0.3) is 0 Å². The van der Waals surface area contributed by atoms with Crippen molar-refractivity contribution in [1.29, 1.82) is 0 Å². The highest BCUT2D eigenvalue weighted by molar-refractivity contribution is 6.33. The molecule has 1 rings (SSSR count). The van der Waals surface area contributed by atoms with Gasteiger partial charge < -0.3 is 0 Å². The van der Waals surface area contributed by atoms with Crippen molar-refractivity contribution in [3.63, 3.8) is 0 Å². The molecule has 0 saturated heterocycles. The topological polar surface area (TPSA) is 17.1 Å². The van der Waals surface area contributed by atoms with Gasteiger partial charge in [-0.3, -0.25) is 4.79 Å². The Hall–Kier alpha value is -0.820. The standard InChI is InChI=1S/C10H11ClO.C2H6/c1-6-4-9(8(3)12)10(11)5-7(6)2;1-2/h4-5H,1-3H3;1-2H3. The molecule has 0 aliphatic rings. The Morgan fingerprint density at radius 3 is 2.00 bits per heavy atom. The molecule has 0 fully saturated rings. The highest BCUT2D eigenvalue weighted by Crippen LogP contribution is 2.20. The average molecular weight is 213 g/mol. The van der Waals surface area contributed by atoms with E-state index in [0.717, 1.165) is 11.1 Å². The monoisotopic (exact) mass is 212 g/mol. The Morgan fingerprint density at radius 2 is 1.57 bits per heavy atom. The second kappa shape index (κ2) is 5.82. The summed E-state index contributed by atoms with van der Waals surface area (Å²) in [5.74, 6) is 0.0168. The lowest BCUT2D eigenvalue weighted by Gasteiger charge is -2.04. The van der Waals surface area contributed by atoms with E-state index >= 15 is 0 Å². The zero-order valence-corrected chi connectivity index (χ0v) is 10.2. The fourth-order valence-corrected chi connectivity index (χ4v) is 1.40. The molecule has 78 valence electrons. The van der Waals surface area contributed by atoms with E-state index in [1.807, 2.05) is 39.8 Å². The SMILES string of the molecule is CC.CC(=O)c1cc(C)c(C)cc1Cl. The number of carbonyl (C=O) groups is 1. The summed E-state index contributed by atoms with van der Waals surface area (Å²) >= 11 is 5.88. The highest BCUT2D eigenvalue weighted by Gasteiger charge is 2.06. The van der Waals surface area contributed by atoms with Crippen molar-refractivity contribution >= 4 is 17.4 Å². The first-order valence-electron chi connectivity index (χ1n) is 4.80. The Balaban J connectivity index is 0.000000791. The van der Waals surface area contributed by atoms with Gasteiger partial charge in [0.15, 0.2) is 5.78 Å². The Morgan fingerprint density at radius 1 is 1.14 bits per heavy atom. The number of Topliss-reactive ketones (excluding diaryl/α,β-unsaturated/α-hetero) is 1. The molecule has 14 heavy (non-hydrogen) atoms. The molecule has 0 N–H and O–H groups in total. The lowest BCUT2D eigenvalue weighted by molar-refractivity contribution is 0.101. The Kier molecular flexibility index (Phi) is 5.47. The summed E-state index contributed by atoms with van der Waals surface area (Å²) in [7, 11) is 0. The molecule has 0 radical (unpaired) electrons. The molecular formula is C12H17ClO. The van der Waals surface area contributed by atoms with Crippen LogP contribution in [0.4, 0.5) is 0 Å². The van der Waals surface area contributed by atoms with E-state index in [2.05, 4.69) is 0 Å². The van der Waals surface area contributed by atoms with Gasteiger partial charge in [0.2, 0.25) is 0 Å². The molecule has 0 saturated carbocycles. The van der Waals surface area contributed by atoms with Crippen molar-refractivity contribution in [2.45, 2.75) is 34.6 Å². The van der Waals surface area contributed by atoms with E-state index in [0.29, 0.717) is 10.6 Å². The molecule has 1 aromatic rings. The summed E-state index contributed by atoms with van der Waals surface area (Å²) in [6.07, 6.45) is 0. The number of halogens is 1. The number of aryl methyl sites for hydroxylation is 2. The molecule has 1 aromatic carbocycles. The minimum Gasteiger partial charge on any atom is -0.294 e. The Labute approximate surface area is 91.1 Å². The molecule has 0 spiro atoms. The minimum absolute atomic E-state index is 0.0168. The predicted molar refractivity (Wildman–Crippen MR) is 62.3 cm³/mol. The van der Waals surface area contributed by atoms with E-state index in [9.17, 15) is 4.79 Å². The van der Waals surface area contributed by atoms with Crippen molar-refractivity contribution in [2.75, 3.05) is 0 Å². The van der Waals surface area contributed by atoms with E-state index in [1.54, 1.807) is 0 Å². The molecule has 0 atom stereocenters. The van der Waals surface area contributed by atoms with Gasteiger partial charge in [-0.1, -0.05) is 25.4 Å².